The zero-order valence-electron chi connectivity index (χ0n) is 19.3. The largest absolute Gasteiger partial charge is 0.378 e. The molecule has 0 radical (unpaired) electrons. The van der Waals surface area contributed by atoms with Crippen molar-refractivity contribution in [3.63, 3.8) is 0 Å². The van der Waals surface area contributed by atoms with E-state index in [1.807, 2.05) is 18.2 Å². The van der Waals surface area contributed by atoms with Crippen molar-refractivity contribution in [3.05, 3.63) is 29.3 Å². The summed E-state index contributed by atoms with van der Waals surface area (Å²) >= 11 is 0. The summed E-state index contributed by atoms with van der Waals surface area (Å²) in [5, 5.41) is 3.00. The van der Waals surface area contributed by atoms with Gasteiger partial charge in [-0.05, 0) is 35.6 Å². The van der Waals surface area contributed by atoms with Gasteiger partial charge in [0.2, 0.25) is 0 Å². The molecule has 0 saturated heterocycles. The fourth-order valence-corrected chi connectivity index (χ4v) is 5.22. The first-order valence-electron chi connectivity index (χ1n) is 11.3. The van der Waals surface area contributed by atoms with E-state index < -0.39 is 6.10 Å². The van der Waals surface area contributed by atoms with Gasteiger partial charge < -0.3 is 30.0 Å². The highest BCUT2D eigenvalue weighted by molar-refractivity contribution is 5.94. The van der Waals surface area contributed by atoms with E-state index in [2.05, 4.69) is 5.32 Å². The second-order valence-corrected chi connectivity index (χ2v) is 8.80. The van der Waals surface area contributed by atoms with Gasteiger partial charge in [-0.15, -0.1) is 0 Å². The van der Waals surface area contributed by atoms with Crippen molar-refractivity contribution in [1.29, 1.82) is 0 Å². The van der Waals surface area contributed by atoms with E-state index in [0.717, 1.165) is 23.2 Å². The molecule has 31 heavy (non-hydrogen) atoms. The van der Waals surface area contributed by atoms with Gasteiger partial charge >= 0.3 is 0 Å². The van der Waals surface area contributed by atoms with Crippen molar-refractivity contribution >= 4 is 11.6 Å². The second kappa shape index (κ2) is 11.4. The summed E-state index contributed by atoms with van der Waals surface area (Å²) in [5.74, 6) is 0.381. The van der Waals surface area contributed by atoms with Gasteiger partial charge in [0.15, 0.2) is 6.10 Å². The van der Waals surface area contributed by atoms with Crippen LogP contribution in [0.4, 0.5) is 5.69 Å². The molecule has 7 heteroatoms. The highest BCUT2D eigenvalue weighted by Gasteiger charge is 2.38. The lowest BCUT2D eigenvalue weighted by molar-refractivity contribution is -0.127. The molecule has 1 aromatic rings. The van der Waals surface area contributed by atoms with E-state index in [-0.39, 0.29) is 30.3 Å². The highest BCUT2D eigenvalue weighted by Crippen LogP contribution is 2.36. The maximum atomic E-state index is 12.9. The zero-order chi connectivity index (χ0) is 22.4. The Morgan fingerprint density at radius 3 is 2.45 bits per heavy atom. The van der Waals surface area contributed by atoms with Crippen LogP contribution in [0.1, 0.15) is 55.8 Å². The SMILES string of the molecule is COC1Cc2cc(NC(=O)C(OC)[C@H](N)CC3CCCCC3)ccc2C(OC)C1OC. The quantitative estimate of drug-likeness (QED) is 0.620. The minimum atomic E-state index is -0.672. The number of amides is 1. The Morgan fingerprint density at radius 1 is 1.10 bits per heavy atom. The van der Waals surface area contributed by atoms with Crippen LogP contribution in [0, 0.1) is 5.92 Å². The molecule has 4 unspecified atom stereocenters. The molecule has 7 nitrogen and oxygen atoms in total. The maximum Gasteiger partial charge on any atom is 0.255 e. The molecule has 2 aliphatic carbocycles. The third-order valence-corrected chi connectivity index (χ3v) is 6.86. The molecule has 3 N–H and O–H groups in total. The molecule has 3 rings (SSSR count). The van der Waals surface area contributed by atoms with Gasteiger partial charge in [-0.2, -0.15) is 0 Å². The van der Waals surface area contributed by atoms with Crippen LogP contribution in [0.5, 0.6) is 0 Å². The number of fused-ring (bicyclic) bond motifs is 1. The average Bonchev–Trinajstić information content (AvgIpc) is 2.78. The third-order valence-electron chi connectivity index (χ3n) is 6.86. The summed E-state index contributed by atoms with van der Waals surface area (Å²) in [7, 11) is 6.57. The van der Waals surface area contributed by atoms with E-state index in [9.17, 15) is 4.79 Å². The number of nitrogens with two attached hydrogens (primary N) is 1. The number of ether oxygens (including phenoxy) is 4. The van der Waals surface area contributed by atoms with Crippen molar-refractivity contribution in [2.24, 2.45) is 11.7 Å². The number of anilines is 1. The summed E-state index contributed by atoms with van der Waals surface area (Å²) in [6.07, 6.45) is 6.51. The fraction of sp³-hybridized carbons (Fsp3) is 0.708. The molecular formula is C24H38N2O5. The van der Waals surface area contributed by atoms with Gasteiger partial charge in [0, 0.05) is 46.6 Å². The molecule has 174 valence electrons. The van der Waals surface area contributed by atoms with Crippen LogP contribution < -0.4 is 11.1 Å². The molecule has 1 aromatic carbocycles. The van der Waals surface area contributed by atoms with Gasteiger partial charge in [-0.25, -0.2) is 0 Å². The Labute approximate surface area is 185 Å². The van der Waals surface area contributed by atoms with Crippen molar-refractivity contribution in [2.75, 3.05) is 33.8 Å². The maximum absolute atomic E-state index is 12.9. The van der Waals surface area contributed by atoms with Crippen molar-refractivity contribution < 1.29 is 23.7 Å². The Kier molecular flexibility index (Phi) is 8.86. The number of hydrogen-bond donors (Lipinski definition) is 2. The molecule has 1 saturated carbocycles. The van der Waals surface area contributed by atoms with Crippen LogP contribution in [0.3, 0.4) is 0 Å². The van der Waals surface area contributed by atoms with Crippen molar-refractivity contribution in [1.82, 2.24) is 0 Å². The first-order valence-corrected chi connectivity index (χ1v) is 11.3. The van der Waals surface area contributed by atoms with Crippen LogP contribution in [0.25, 0.3) is 0 Å². The molecular weight excluding hydrogens is 396 g/mol. The van der Waals surface area contributed by atoms with Crippen molar-refractivity contribution in [3.8, 4) is 0 Å². The van der Waals surface area contributed by atoms with Gasteiger partial charge in [-0.3, -0.25) is 4.79 Å². The van der Waals surface area contributed by atoms with Crippen LogP contribution >= 0.6 is 0 Å². The number of carbonyl (C=O) groups excluding carboxylic acids is 1. The lowest BCUT2D eigenvalue weighted by atomic mass is 9.83. The molecule has 0 bridgehead atoms. The van der Waals surface area contributed by atoms with E-state index in [1.165, 1.54) is 32.1 Å². The molecule has 0 aromatic heterocycles. The minimum absolute atomic E-state index is 0.121. The summed E-state index contributed by atoms with van der Waals surface area (Å²) in [5.41, 5.74) is 9.24. The molecule has 1 amide bonds. The Hall–Kier alpha value is -1.51. The van der Waals surface area contributed by atoms with Crippen LogP contribution in [0.15, 0.2) is 18.2 Å². The van der Waals surface area contributed by atoms with E-state index in [4.69, 9.17) is 24.7 Å². The predicted octanol–water partition coefficient (Wildman–Crippen LogP) is 3.21. The third kappa shape index (κ3) is 5.65. The van der Waals surface area contributed by atoms with E-state index in [1.54, 1.807) is 28.4 Å². The standard InChI is InChI=1S/C24H38N2O5/c1-28-20-14-16-13-17(10-11-18(16)21(29-2)23(20)31-4)26-24(27)22(30-3)19(25)12-15-8-6-5-7-9-15/h10-11,13,15,19-23H,5-9,12,14,25H2,1-4H3,(H,26,27)/t19-,20?,21?,22?,23?/m1/s1. The fourth-order valence-electron chi connectivity index (χ4n) is 5.22. The molecule has 0 aliphatic heterocycles. The predicted molar refractivity (Wildman–Crippen MR) is 120 cm³/mol. The Morgan fingerprint density at radius 2 is 1.84 bits per heavy atom. The number of benzene rings is 1. The summed E-state index contributed by atoms with van der Waals surface area (Å²) < 4.78 is 22.5. The first kappa shape index (κ1) is 24.1. The lowest BCUT2D eigenvalue weighted by Gasteiger charge is -2.37. The zero-order valence-corrected chi connectivity index (χ0v) is 19.3. The van der Waals surface area contributed by atoms with Crippen LogP contribution in [0.2, 0.25) is 0 Å². The topological polar surface area (TPSA) is 92.0 Å². The van der Waals surface area contributed by atoms with Crippen LogP contribution in [-0.4, -0.2) is 58.7 Å². The van der Waals surface area contributed by atoms with Gasteiger partial charge in [0.05, 0.1) is 6.10 Å². The smallest absolute Gasteiger partial charge is 0.255 e. The van der Waals surface area contributed by atoms with Crippen molar-refractivity contribution in [2.45, 2.75) is 75.4 Å². The summed E-state index contributed by atoms with van der Waals surface area (Å²) in [4.78, 5) is 12.9. The van der Waals surface area contributed by atoms with E-state index in [0.29, 0.717) is 12.3 Å². The monoisotopic (exact) mass is 434 g/mol. The number of methoxy groups -OCH3 is 4. The summed E-state index contributed by atoms with van der Waals surface area (Å²) in [6, 6.07) is 5.54. The Balaban J connectivity index is 1.69. The minimum Gasteiger partial charge on any atom is -0.378 e. The molecule has 0 heterocycles. The van der Waals surface area contributed by atoms with Crippen LogP contribution in [-0.2, 0) is 30.2 Å². The Bertz CT molecular complexity index is 722. The second-order valence-electron chi connectivity index (χ2n) is 8.80. The van der Waals surface area contributed by atoms with Gasteiger partial charge in [0.1, 0.15) is 12.2 Å². The van der Waals surface area contributed by atoms with Gasteiger partial charge in [-0.1, -0.05) is 38.2 Å². The van der Waals surface area contributed by atoms with E-state index >= 15 is 0 Å². The highest BCUT2D eigenvalue weighted by atomic mass is 16.6. The molecule has 2 aliphatic rings. The van der Waals surface area contributed by atoms with Gasteiger partial charge in [0.25, 0.3) is 5.91 Å². The number of rotatable bonds is 9. The number of nitrogens with one attached hydrogen (secondary N) is 1. The molecule has 5 atom stereocenters. The summed E-state index contributed by atoms with van der Waals surface area (Å²) in [6.45, 7) is 0. The average molecular weight is 435 g/mol. The number of carbonyl (C=O) groups is 1. The molecule has 1 fully saturated rings. The normalized spacial score (nSPS) is 26.2. The molecule has 0 spiro atoms. The lowest BCUT2D eigenvalue weighted by Crippen LogP contribution is -2.46. The first-order chi connectivity index (χ1) is 15.0. The number of hydrogen-bond acceptors (Lipinski definition) is 6.